The normalized spacial score (nSPS) is 13.0. The van der Waals surface area contributed by atoms with Crippen LogP contribution in [0.15, 0.2) is 140 Å². The zero-order chi connectivity index (χ0) is 47.7. The Balaban J connectivity index is 0.795. The summed E-state index contributed by atoms with van der Waals surface area (Å²) < 4.78 is 44.3. The molecule has 0 radical (unpaired) electrons. The number of hydrogen-bond acceptors (Lipinski definition) is 12. The molecule has 8 aromatic rings. The van der Waals surface area contributed by atoms with Crippen molar-refractivity contribution in [3.63, 3.8) is 0 Å². The maximum absolute atomic E-state index is 13.1. The van der Waals surface area contributed by atoms with Crippen molar-refractivity contribution in [1.29, 1.82) is 0 Å². The van der Waals surface area contributed by atoms with Gasteiger partial charge in [0.15, 0.2) is 0 Å². The third-order valence-corrected chi connectivity index (χ3v) is 12.3. The Kier molecular flexibility index (Phi) is 14.4. The maximum Gasteiger partial charge on any atom is 0.229 e. The Morgan fingerprint density at radius 3 is 1.62 bits per heavy atom. The number of hydrogen-bond donors (Lipinski definition) is 0. The van der Waals surface area contributed by atoms with Gasteiger partial charge in [0, 0.05) is 43.8 Å². The molecule has 69 heavy (non-hydrogen) atoms. The quantitative estimate of drug-likeness (QED) is 0.0565. The summed E-state index contributed by atoms with van der Waals surface area (Å²) in [7, 11) is 3.31. The van der Waals surface area contributed by atoms with Crippen molar-refractivity contribution in [2.45, 2.75) is 19.4 Å². The number of aromatic nitrogens is 4. The molecule has 1 saturated heterocycles. The predicted octanol–water partition coefficient (Wildman–Crippen LogP) is 9.31. The molecule has 0 atom stereocenters. The monoisotopic (exact) mass is 929 g/mol. The van der Waals surface area contributed by atoms with Crippen molar-refractivity contribution in [2.75, 3.05) is 85.1 Å². The summed E-state index contributed by atoms with van der Waals surface area (Å²) in [5.74, 6) is 2.85. The Morgan fingerprint density at radius 1 is 0.551 bits per heavy atom. The number of fused-ring (bicyclic) bond motifs is 2. The minimum Gasteiger partial charge on any atom is -0.497 e. The lowest BCUT2D eigenvalue weighted by molar-refractivity contribution is -0.0345. The summed E-state index contributed by atoms with van der Waals surface area (Å²) in [6, 6.07) is 45.1. The number of morpholine rings is 1. The number of methoxy groups -OCH3 is 2. The van der Waals surface area contributed by atoms with E-state index in [0.29, 0.717) is 86.9 Å². The van der Waals surface area contributed by atoms with Crippen LogP contribution < -0.4 is 19.1 Å². The molecule has 6 aromatic carbocycles. The number of imidazole rings is 2. The van der Waals surface area contributed by atoms with Gasteiger partial charge in [0.05, 0.1) is 82.5 Å². The average molecular weight is 930 g/mol. The number of carbonyl (C=O) groups is 2. The van der Waals surface area contributed by atoms with E-state index in [1.807, 2.05) is 127 Å². The van der Waals surface area contributed by atoms with Crippen molar-refractivity contribution in [2.24, 2.45) is 0 Å². The largest absolute Gasteiger partial charge is 0.497 e. The molecule has 0 unspecified atom stereocenters. The number of benzene rings is 6. The molecule has 0 bridgehead atoms. The Morgan fingerprint density at radius 2 is 1.04 bits per heavy atom. The van der Waals surface area contributed by atoms with E-state index >= 15 is 0 Å². The van der Waals surface area contributed by atoms with E-state index in [0.717, 1.165) is 63.6 Å². The highest BCUT2D eigenvalue weighted by Gasteiger charge is 2.38. The van der Waals surface area contributed by atoms with E-state index in [4.69, 9.17) is 43.1 Å². The molecule has 0 saturated carbocycles. The third kappa shape index (κ3) is 9.97. The first-order valence-corrected chi connectivity index (χ1v) is 23.0. The molecule has 3 heterocycles. The molecule has 1 fully saturated rings. The predicted molar refractivity (Wildman–Crippen MR) is 265 cm³/mol. The molecule has 14 heteroatoms. The topological polar surface area (TPSA) is 138 Å². The van der Waals surface area contributed by atoms with Crippen LogP contribution in [0.4, 0.5) is 5.69 Å². The van der Waals surface area contributed by atoms with Gasteiger partial charge in [0.1, 0.15) is 41.1 Å². The second kappa shape index (κ2) is 21.3. The summed E-state index contributed by atoms with van der Waals surface area (Å²) in [6.07, 6.45) is 0. The van der Waals surface area contributed by atoms with Gasteiger partial charge >= 0.3 is 0 Å². The van der Waals surface area contributed by atoms with Gasteiger partial charge in [0.2, 0.25) is 11.8 Å². The summed E-state index contributed by atoms with van der Waals surface area (Å²) in [4.78, 5) is 38.2. The molecular weight excluding hydrogens is 875 g/mol. The maximum atomic E-state index is 13.1. The Labute approximate surface area is 400 Å². The van der Waals surface area contributed by atoms with Gasteiger partial charge in [-0.25, -0.2) is 9.97 Å². The van der Waals surface area contributed by atoms with Gasteiger partial charge in [0.25, 0.3) is 0 Å². The highest BCUT2D eigenvalue weighted by Crippen LogP contribution is 2.42. The number of rotatable bonds is 19. The molecule has 14 nitrogen and oxygen atoms in total. The fourth-order valence-corrected chi connectivity index (χ4v) is 8.90. The zero-order valence-corrected chi connectivity index (χ0v) is 39.3. The van der Waals surface area contributed by atoms with Crippen LogP contribution in [0.3, 0.4) is 0 Å². The van der Waals surface area contributed by atoms with E-state index in [-0.39, 0.29) is 11.8 Å². The SMILES string of the molecule is COc1ccc(C(OCCOCCOCCOc2ccc(-c3nc4cc(-c5nc6cc(N7CCOCC7)ccc6n5C(C)=O)ccc4n3C(C)=O)cc2)(c2ccccc2)c2ccc(OC)cc2)cc1. The van der Waals surface area contributed by atoms with E-state index < -0.39 is 5.60 Å². The van der Waals surface area contributed by atoms with Crippen LogP contribution in [0.2, 0.25) is 0 Å². The highest BCUT2D eigenvalue weighted by atomic mass is 16.6. The summed E-state index contributed by atoms with van der Waals surface area (Å²) >= 11 is 0. The van der Waals surface area contributed by atoms with Gasteiger partial charge in [-0.05, 0) is 102 Å². The molecule has 0 amide bonds. The lowest BCUT2D eigenvalue weighted by Gasteiger charge is -2.36. The van der Waals surface area contributed by atoms with Crippen molar-refractivity contribution < 1.29 is 42.7 Å². The summed E-state index contributed by atoms with van der Waals surface area (Å²) in [6.45, 7) is 8.11. The molecule has 1 aliphatic heterocycles. The second-order valence-corrected chi connectivity index (χ2v) is 16.5. The van der Waals surface area contributed by atoms with Gasteiger partial charge in [-0.2, -0.15) is 0 Å². The minimum absolute atomic E-state index is 0.152. The molecule has 0 aliphatic carbocycles. The number of anilines is 1. The second-order valence-electron chi connectivity index (χ2n) is 16.5. The third-order valence-electron chi connectivity index (χ3n) is 12.3. The number of nitrogens with zero attached hydrogens (tertiary/aromatic N) is 5. The van der Waals surface area contributed by atoms with Crippen LogP contribution in [0.25, 0.3) is 44.8 Å². The lowest BCUT2D eigenvalue weighted by atomic mass is 9.80. The van der Waals surface area contributed by atoms with Crippen molar-refractivity contribution in [3.05, 3.63) is 156 Å². The number of carbonyl (C=O) groups excluding carboxylic acids is 2. The van der Waals surface area contributed by atoms with Crippen LogP contribution >= 0.6 is 0 Å². The van der Waals surface area contributed by atoms with Crippen LogP contribution in [-0.2, 0) is 24.5 Å². The minimum atomic E-state index is -0.920. The standard InChI is InChI=1S/C55H55N5O9/c1-38(61)59-51-24-12-41(54-57-50-37-45(58-26-28-65-29-27-58)17-25-52(50)60(54)39(2)62)36-49(51)56-53(59)40-10-18-48(19-11-40)68-34-32-66-30-31-67-33-35-69-55(42-8-6-5-7-9-42,43-13-20-46(63-3)21-14-43)44-15-22-47(64-4)23-16-44/h5-25,36-37H,26-35H2,1-4H3. The Hall–Kier alpha value is -7.36. The molecular formula is C55H55N5O9. The van der Waals surface area contributed by atoms with E-state index in [1.165, 1.54) is 13.8 Å². The fraction of sp³-hybridized carbons (Fsp3) is 0.273. The average Bonchev–Trinajstić information content (AvgIpc) is 3.98. The summed E-state index contributed by atoms with van der Waals surface area (Å²) in [5.41, 5.74) is 7.16. The highest BCUT2D eigenvalue weighted by molar-refractivity contribution is 5.98. The molecule has 0 N–H and O–H groups in total. The first-order valence-electron chi connectivity index (χ1n) is 23.0. The fourth-order valence-electron chi connectivity index (χ4n) is 8.90. The van der Waals surface area contributed by atoms with E-state index in [2.05, 4.69) is 17.0 Å². The number of ether oxygens (including phenoxy) is 7. The Bertz CT molecular complexity index is 2970. The smallest absolute Gasteiger partial charge is 0.229 e. The van der Waals surface area contributed by atoms with E-state index in [1.54, 1.807) is 23.4 Å². The van der Waals surface area contributed by atoms with Crippen molar-refractivity contribution >= 4 is 39.6 Å². The molecule has 9 rings (SSSR count). The molecule has 354 valence electrons. The first-order chi connectivity index (χ1) is 33.8. The first kappa shape index (κ1) is 46.7. The van der Waals surface area contributed by atoms with Crippen molar-refractivity contribution in [1.82, 2.24) is 19.1 Å². The molecule has 2 aromatic heterocycles. The zero-order valence-electron chi connectivity index (χ0n) is 39.3. The van der Waals surface area contributed by atoms with Crippen LogP contribution in [-0.4, -0.2) is 111 Å². The van der Waals surface area contributed by atoms with Crippen molar-refractivity contribution in [3.8, 4) is 40.0 Å². The molecule has 1 aliphatic rings. The van der Waals surface area contributed by atoms with Gasteiger partial charge in [-0.1, -0.05) is 54.6 Å². The van der Waals surface area contributed by atoms with E-state index in [9.17, 15) is 9.59 Å². The molecule has 0 spiro atoms. The van der Waals surface area contributed by atoms with Crippen LogP contribution in [0, 0.1) is 0 Å². The summed E-state index contributed by atoms with van der Waals surface area (Å²) in [5, 5.41) is 0. The van der Waals surface area contributed by atoms with Crippen LogP contribution in [0.1, 0.15) is 40.1 Å². The lowest BCUT2D eigenvalue weighted by Crippen LogP contribution is -2.36. The van der Waals surface area contributed by atoms with Gasteiger partial charge < -0.3 is 38.1 Å². The van der Waals surface area contributed by atoms with Gasteiger partial charge in [-0.3, -0.25) is 18.7 Å². The van der Waals surface area contributed by atoms with Gasteiger partial charge in [-0.15, -0.1) is 0 Å². The van der Waals surface area contributed by atoms with Crippen LogP contribution in [0.5, 0.6) is 17.2 Å².